The Morgan fingerprint density at radius 3 is 2.79 bits per heavy atom. The Balaban J connectivity index is 1.58. The number of likely N-dealkylation sites (tertiary alicyclic amines) is 1. The molecule has 1 aliphatic carbocycles. The Hall–Kier alpha value is -1.89. The summed E-state index contributed by atoms with van der Waals surface area (Å²) in [6.07, 6.45) is 10.4. The number of amides is 3. The van der Waals surface area contributed by atoms with Crippen molar-refractivity contribution in [3.8, 4) is 0 Å². The van der Waals surface area contributed by atoms with Crippen LogP contribution >= 0.6 is 0 Å². The fourth-order valence-corrected chi connectivity index (χ4v) is 3.86. The van der Waals surface area contributed by atoms with E-state index in [0.29, 0.717) is 12.5 Å². The number of carbonyl (C=O) groups excluding carboxylic acids is 2. The first kappa shape index (κ1) is 17.0. The van der Waals surface area contributed by atoms with E-state index >= 15 is 0 Å². The van der Waals surface area contributed by atoms with Crippen molar-refractivity contribution in [1.82, 2.24) is 15.2 Å². The third kappa shape index (κ3) is 4.14. The van der Waals surface area contributed by atoms with Crippen LogP contribution in [0.2, 0.25) is 0 Å². The zero-order chi connectivity index (χ0) is 16.9. The third-order valence-corrected chi connectivity index (χ3v) is 5.10. The van der Waals surface area contributed by atoms with Gasteiger partial charge in [0.25, 0.3) is 0 Å². The molecule has 1 saturated carbocycles. The van der Waals surface area contributed by atoms with Crippen LogP contribution in [-0.2, 0) is 4.79 Å². The highest BCUT2D eigenvalue weighted by Crippen LogP contribution is 2.35. The van der Waals surface area contributed by atoms with Crippen LogP contribution in [0.3, 0.4) is 0 Å². The summed E-state index contributed by atoms with van der Waals surface area (Å²) in [4.78, 5) is 29.2. The maximum Gasteiger partial charge on any atom is 0.318 e. The van der Waals surface area contributed by atoms with Crippen molar-refractivity contribution in [1.29, 1.82) is 0 Å². The van der Waals surface area contributed by atoms with Crippen molar-refractivity contribution >= 4 is 11.9 Å². The van der Waals surface area contributed by atoms with E-state index in [1.165, 1.54) is 32.1 Å². The second-order valence-electron chi connectivity index (χ2n) is 6.80. The van der Waals surface area contributed by atoms with E-state index < -0.39 is 6.03 Å². The second kappa shape index (κ2) is 7.79. The minimum absolute atomic E-state index is 0.128. The van der Waals surface area contributed by atoms with Crippen LogP contribution in [0.1, 0.15) is 74.9 Å². The molecule has 1 aromatic rings. The van der Waals surface area contributed by atoms with Gasteiger partial charge in [0, 0.05) is 18.9 Å². The molecule has 2 fully saturated rings. The number of oxazole rings is 1. The summed E-state index contributed by atoms with van der Waals surface area (Å²) in [6, 6.07) is -0.675. The van der Waals surface area contributed by atoms with Gasteiger partial charge in [0.2, 0.25) is 11.8 Å². The molecule has 0 aromatic carbocycles. The van der Waals surface area contributed by atoms with Crippen LogP contribution in [0.15, 0.2) is 10.7 Å². The van der Waals surface area contributed by atoms with Gasteiger partial charge in [0.15, 0.2) is 0 Å². The van der Waals surface area contributed by atoms with E-state index in [1.807, 2.05) is 6.26 Å². The molecule has 1 saturated heterocycles. The minimum Gasteiger partial charge on any atom is -0.447 e. The molecule has 7 heteroatoms. The largest absolute Gasteiger partial charge is 0.447 e. The van der Waals surface area contributed by atoms with E-state index in [4.69, 9.17) is 15.1 Å². The van der Waals surface area contributed by atoms with Crippen LogP contribution in [0.4, 0.5) is 4.79 Å². The monoisotopic (exact) mass is 334 g/mol. The smallest absolute Gasteiger partial charge is 0.318 e. The predicted molar refractivity (Wildman–Crippen MR) is 88.2 cm³/mol. The van der Waals surface area contributed by atoms with Crippen LogP contribution in [0.5, 0.6) is 0 Å². The highest BCUT2D eigenvalue weighted by molar-refractivity contribution is 5.93. The Labute approximate surface area is 142 Å². The van der Waals surface area contributed by atoms with Gasteiger partial charge in [-0.05, 0) is 32.2 Å². The Kier molecular flexibility index (Phi) is 5.50. The van der Waals surface area contributed by atoms with Crippen molar-refractivity contribution in [2.24, 2.45) is 5.73 Å². The molecule has 1 atom stereocenters. The normalized spacial score (nSPS) is 22.6. The zero-order valence-electron chi connectivity index (χ0n) is 14.0. The molecule has 3 rings (SSSR count). The highest BCUT2D eigenvalue weighted by Gasteiger charge is 2.31. The zero-order valence-corrected chi connectivity index (χ0v) is 14.0. The number of rotatable bonds is 5. The first-order valence-corrected chi connectivity index (χ1v) is 8.92. The van der Waals surface area contributed by atoms with E-state index in [9.17, 15) is 9.59 Å². The number of primary amides is 1. The van der Waals surface area contributed by atoms with Gasteiger partial charge < -0.3 is 10.2 Å². The molecule has 132 valence electrons. The molecule has 0 radical (unpaired) electrons. The van der Waals surface area contributed by atoms with Gasteiger partial charge in [0.05, 0.1) is 11.7 Å². The molecular formula is C17H26N4O3. The quantitative estimate of drug-likeness (QED) is 0.861. The summed E-state index contributed by atoms with van der Waals surface area (Å²) in [5, 5.41) is 2.10. The number of imide groups is 1. The first-order valence-electron chi connectivity index (χ1n) is 8.92. The average molecular weight is 334 g/mol. The maximum absolute atomic E-state index is 11.6. The highest BCUT2D eigenvalue weighted by atomic mass is 16.3. The molecule has 0 bridgehead atoms. The van der Waals surface area contributed by atoms with E-state index in [-0.39, 0.29) is 18.4 Å². The van der Waals surface area contributed by atoms with Crippen molar-refractivity contribution in [3.05, 3.63) is 17.8 Å². The summed E-state index contributed by atoms with van der Waals surface area (Å²) < 4.78 is 5.78. The lowest BCUT2D eigenvalue weighted by atomic mass is 9.87. The number of nitrogens with one attached hydrogen (secondary N) is 1. The third-order valence-electron chi connectivity index (χ3n) is 5.10. The minimum atomic E-state index is -0.803. The summed E-state index contributed by atoms with van der Waals surface area (Å²) in [5.41, 5.74) is 6.05. The number of nitrogens with zero attached hydrogens (tertiary/aromatic N) is 2. The fourth-order valence-electron chi connectivity index (χ4n) is 3.86. The van der Waals surface area contributed by atoms with Crippen LogP contribution in [-0.4, -0.2) is 34.9 Å². The van der Waals surface area contributed by atoms with Crippen molar-refractivity contribution in [2.75, 3.05) is 13.1 Å². The second-order valence-corrected chi connectivity index (χ2v) is 6.80. The topological polar surface area (TPSA) is 101 Å². The number of urea groups is 1. The van der Waals surface area contributed by atoms with Gasteiger partial charge in [-0.15, -0.1) is 0 Å². The van der Waals surface area contributed by atoms with Gasteiger partial charge in [-0.3, -0.25) is 15.0 Å². The molecule has 2 heterocycles. The Morgan fingerprint density at radius 2 is 2.04 bits per heavy atom. The van der Waals surface area contributed by atoms with Gasteiger partial charge in [-0.25, -0.2) is 9.78 Å². The van der Waals surface area contributed by atoms with Crippen LogP contribution < -0.4 is 11.1 Å². The van der Waals surface area contributed by atoms with Crippen molar-refractivity contribution < 1.29 is 14.0 Å². The molecule has 1 aliphatic heterocycles. The SMILES string of the molecule is NC(=O)NC(=O)CCN1CCC[C@@H]1c1nc(C2CCCCC2)co1. The molecule has 2 aliphatic rings. The van der Waals surface area contributed by atoms with Crippen molar-refractivity contribution in [2.45, 2.75) is 63.3 Å². The fraction of sp³-hybridized carbons (Fsp3) is 0.706. The predicted octanol–water partition coefficient (Wildman–Crippen LogP) is 2.44. The summed E-state index contributed by atoms with van der Waals surface area (Å²) in [7, 11) is 0. The molecule has 1 aromatic heterocycles. The van der Waals surface area contributed by atoms with Crippen LogP contribution in [0, 0.1) is 0 Å². The Bertz CT molecular complexity index is 580. The van der Waals surface area contributed by atoms with E-state index in [1.54, 1.807) is 0 Å². The first-order chi connectivity index (χ1) is 11.6. The molecule has 0 unspecified atom stereocenters. The maximum atomic E-state index is 11.6. The standard InChI is InChI=1S/C17H26N4O3/c18-17(23)20-15(22)8-10-21-9-4-7-14(21)16-19-13(11-24-16)12-5-2-1-3-6-12/h11-12,14H,1-10H2,(H3,18,20,22,23)/t14-/m1/s1. The number of hydrogen-bond acceptors (Lipinski definition) is 5. The van der Waals surface area contributed by atoms with Gasteiger partial charge in [-0.2, -0.15) is 0 Å². The summed E-state index contributed by atoms with van der Waals surface area (Å²) in [6.45, 7) is 1.49. The number of hydrogen-bond donors (Lipinski definition) is 2. The lowest BCUT2D eigenvalue weighted by Gasteiger charge is -2.21. The molecule has 7 nitrogen and oxygen atoms in total. The molecule has 24 heavy (non-hydrogen) atoms. The lowest BCUT2D eigenvalue weighted by molar-refractivity contribution is -0.120. The van der Waals surface area contributed by atoms with Crippen molar-refractivity contribution in [3.63, 3.8) is 0 Å². The number of nitrogens with two attached hydrogens (primary N) is 1. The van der Waals surface area contributed by atoms with E-state index in [2.05, 4.69) is 10.2 Å². The summed E-state index contributed by atoms with van der Waals surface area (Å²) >= 11 is 0. The van der Waals surface area contributed by atoms with Gasteiger partial charge in [0.1, 0.15) is 6.26 Å². The van der Waals surface area contributed by atoms with Gasteiger partial charge in [-0.1, -0.05) is 19.3 Å². The summed E-state index contributed by atoms with van der Waals surface area (Å²) in [5.74, 6) is 0.958. The lowest BCUT2D eigenvalue weighted by Crippen LogP contribution is -2.37. The average Bonchev–Trinajstić information content (AvgIpc) is 3.22. The van der Waals surface area contributed by atoms with Gasteiger partial charge >= 0.3 is 6.03 Å². The number of aromatic nitrogens is 1. The van der Waals surface area contributed by atoms with E-state index in [0.717, 1.165) is 31.0 Å². The van der Waals surface area contributed by atoms with Crippen LogP contribution in [0.25, 0.3) is 0 Å². The Morgan fingerprint density at radius 1 is 1.25 bits per heavy atom. The number of carbonyl (C=O) groups is 2. The molecule has 3 N–H and O–H groups in total. The molecular weight excluding hydrogens is 308 g/mol. The molecule has 3 amide bonds. The molecule has 0 spiro atoms.